The number of fused-ring (bicyclic) bond motifs is 1. The molecule has 10 nitrogen and oxygen atoms in total. The molecule has 3 unspecified atom stereocenters. The fourth-order valence-electron chi connectivity index (χ4n) is 7.01. The summed E-state index contributed by atoms with van der Waals surface area (Å²) >= 11 is 0. The largest absolute Gasteiger partial charge is 0.344 e. The van der Waals surface area contributed by atoms with Crippen molar-refractivity contribution < 1.29 is 41.9 Å². The molecule has 7 atom stereocenters. The number of nitrogens with one attached hydrogen (secondary N) is 1. The number of amides is 2. The molecule has 1 aromatic rings. The Morgan fingerprint density at radius 2 is 1.64 bits per heavy atom. The Morgan fingerprint density at radius 1 is 0.936 bits per heavy atom. The molecule has 3 aliphatic rings. The molecule has 3 fully saturated rings. The third-order valence-corrected chi connectivity index (χ3v) is 9.91. The van der Waals surface area contributed by atoms with Crippen molar-refractivity contribution in [2.45, 2.75) is 104 Å². The summed E-state index contributed by atoms with van der Waals surface area (Å²) in [6.45, 7) is 6.83. The highest BCUT2D eigenvalue weighted by Gasteiger charge is 2.54. The standard InChI is InChI=1S/C34H45F3N4O6/c1-17(2)22(14-26(42)25-15-38-9-10-39-25)33(46)40-30(18(3)4)34(47)41-16-23-21(7-8-24(23)35)31(41)27(43)12-20(13-29(36)37)32(45)28(44)11-19-5-6-19/h9-10,15,17-24,29-31H,5-8,11-14,16H2,1-4H3,(H,40,46)/t20?,21-,22+,23-,24?,30-,31?/m0/s1. The summed E-state index contributed by atoms with van der Waals surface area (Å²) in [6.07, 6.45) is 0.0825. The molecule has 2 aliphatic carbocycles. The van der Waals surface area contributed by atoms with Gasteiger partial charge in [0.15, 0.2) is 17.3 Å². The summed E-state index contributed by atoms with van der Waals surface area (Å²) in [4.78, 5) is 89.1. The van der Waals surface area contributed by atoms with Crippen LogP contribution in [0.1, 0.15) is 89.5 Å². The van der Waals surface area contributed by atoms with Crippen LogP contribution in [0, 0.1) is 41.4 Å². The number of rotatable bonds is 17. The van der Waals surface area contributed by atoms with Gasteiger partial charge in [0.05, 0.1) is 12.2 Å². The molecule has 0 spiro atoms. The first-order chi connectivity index (χ1) is 22.2. The van der Waals surface area contributed by atoms with Gasteiger partial charge >= 0.3 is 0 Å². The highest BCUT2D eigenvalue weighted by Crippen LogP contribution is 2.45. The molecule has 1 aromatic heterocycles. The van der Waals surface area contributed by atoms with E-state index in [0.29, 0.717) is 6.42 Å². The maximum atomic E-state index is 15.0. The molecule has 47 heavy (non-hydrogen) atoms. The Morgan fingerprint density at radius 3 is 2.21 bits per heavy atom. The number of nitrogens with zero attached hydrogens (tertiary/aromatic N) is 3. The average molecular weight is 663 g/mol. The highest BCUT2D eigenvalue weighted by molar-refractivity contribution is 6.38. The fourth-order valence-corrected chi connectivity index (χ4v) is 7.01. The zero-order valence-corrected chi connectivity index (χ0v) is 27.4. The van der Waals surface area contributed by atoms with Gasteiger partial charge in [0.25, 0.3) is 0 Å². The predicted molar refractivity (Wildman–Crippen MR) is 164 cm³/mol. The quantitative estimate of drug-likeness (QED) is 0.193. The first-order valence-corrected chi connectivity index (χ1v) is 16.6. The number of halogens is 3. The van der Waals surface area contributed by atoms with Crippen LogP contribution in [0.4, 0.5) is 13.2 Å². The smallest absolute Gasteiger partial charge is 0.246 e. The molecule has 258 valence electrons. The zero-order chi connectivity index (χ0) is 34.6. The van der Waals surface area contributed by atoms with Gasteiger partial charge in [-0.1, -0.05) is 27.7 Å². The Labute approximate surface area is 273 Å². The maximum Gasteiger partial charge on any atom is 0.246 e. The van der Waals surface area contributed by atoms with E-state index in [2.05, 4.69) is 15.3 Å². The second-order valence-electron chi connectivity index (χ2n) is 14.1. The maximum absolute atomic E-state index is 15.0. The van der Waals surface area contributed by atoms with Crippen molar-refractivity contribution in [3.63, 3.8) is 0 Å². The minimum absolute atomic E-state index is 0.0352. The van der Waals surface area contributed by atoms with Crippen molar-refractivity contribution >= 4 is 34.9 Å². The van der Waals surface area contributed by atoms with Crippen molar-refractivity contribution in [3.8, 4) is 0 Å². The van der Waals surface area contributed by atoms with E-state index in [1.807, 2.05) is 0 Å². The molecule has 0 aromatic carbocycles. The third kappa shape index (κ3) is 8.90. The molecule has 1 N–H and O–H groups in total. The van der Waals surface area contributed by atoms with E-state index >= 15 is 4.39 Å². The Kier molecular flexibility index (Phi) is 12.1. The van der Waals surface area contributed by atoms with E-state index in [9.17, 15) is 37.5 Å². The zero-order valence-electron chi connectivity index (χ0n) is 27.4. The summed E-state index contributed by atoms with van der Waals surface area (Å²) in [6, 6.07) is -2.32. The summed E-state index contributed by atoms with van der Waals surface area (Å²) in [5.41, 5.74) is 0.103. The molecule has 4 rings (SSSR count). The number of aromatic nitrogens is 2. The molecule has 2 heterocycles. The first-order valence-electron chi connectivity index (χ1n) is 16.6. The minimum Gasteiger partial charge on any atom is -0.344 e. The lowest BCUT2D eigenvalue weighted by molar-refractivity contribution is -0.145. The van der Waals surface area contributed by atoms with E-state index in [-0.39, 0.29) is 43.3 Å². The lowest BCUT2D eigenvalue weighted by Gasteiger charge is -2.33. The van der Waals surface area contributed by atoms with Crippen molar-refractivity contribution in [2.24, 2.45) is 41.4 Å². The number of likely N-dealkylation sites (tertiary alicyclic amines) is 1. The van der Waals surface area contributed by atoms with Crippen molar-refractivity contribution in [1.29, 1.82) is 0 Å². The predicted octanol–water partition coefficient (Wildman–Crippen LogP) is 4.21. The molecule has 2 saturated carbocycles. The van der Waals surface area contributed by atoms with Gasteiger partial charge in [0.2, 0.25) is 24.0 Å². The molecular formula is C34H45F3N4O6. The van der Waals surface area contributed by atoms with E-state index in [1.54, 1.807) is 27.7 Å². The number of ketones is 4. The van der Waals surface area contributed by atoms with Crippen LogP contribution in [0.15, 0.2) is 18.6 Å². The number of hydrogen-bond acceptors (Lipinski definition) is 8. The summed E-state index contributed by atoms with van der Waals surface area (Å²) < 4.78 is 42.1. The molecule has 0 radical (unpaired) electrons. The molecule has 1 saturated heterocycles. The van der Waals surface area contributed by atoms with Crippen molar-refractivity contribution in [2.75, 3.05) is 6.54 Å². The monoisotopic (exact) mass is 662 g/mol. The number of carbonyl (C=O) groups excluding carboxylic acids is 6. The van der Waals surface area contributed by atoms with Gasteiger partial charge in [-0.05, 0) is 49.4 Å². The van der Waals surface area contributed by atoms with Crippen LogP contribution in [-0.4, -0.2) is 81.0 Å². The Balaban J connectivity index is 1.54. The van der Waals surface area contributed by atoms with Crippen LogP contribution in [-0.2, 0) is 24.0 Å². The van der Waals surface area contributed by atoms with Crippen molar-refractivity contribution in [1.82, 2.24) is 20.2 Å². The van der Waals surface area contributed by atoms with E-state index in [1.165, 1.54) is 23.5 Å². The van der Waals surface area contributed by atoms with Gasteiger partial charge in [-0.15, -0.1) is 0 Å². The van der Waals surface area contributed by atoms with Crippen molar-refractivity contribution in [3.05, 3.63) is 24.3 Å². The highest BCUT2D eigenvalue weighted by atomic mass is 19.3. The summed E-state index contributed by atoms with van der Waals surface area (Å²) in [5, 5.41) is 2.77. The van der Waals surface area contributed by atoms with Gasteiger partial charge in [-0.3, -0.25) is 33.8 Å². The Bertz CT molecular complexity index is 1340. The van der Waals surface area contributed by atoms with Crippen LogP contribution in [0.25, 0.3) is 0 Å². The Hall–Kier alpha value is -3.51. The van der Waals surface area contributed by atoms with Crippen LogP contribution >= 0.6 is 0 Å². The third-order valence-electron chi connectivity index (χ3n) is 9.91. The molecule has 0 bridgehead atoms. The van der Waals surface area contributed by atoms with Gasteiger partial charge in [0, 0.05) is 62.4 Å². The van der Waals surface area contributed by atoms with Gasteiger partial charge in [-0.2, -0.15) is 0 Å². The van der Waals surface area contributed by atoms with E-state index in [0.717, 1.165) is 12.8 Å². The average Bonchev–Trinajstić information content (AvgIpc) is 3.64. The lowest BCUT2D eigenvalue weighted by Crippen LogP contribution is -2.56. The van der Waals surface area contributed by atoms with Gasteiger partial charge in [0.1, 0.15) is 17.9 Å². The summed E-state index contributed by atoms with van der Waals surface area (Å²) in [7, 11) is 0. The number of alkyl halides is 3. The number of hydrogen-bond donors (Lipinski definition) is 1. The summed E-state index contributed by atoms with van der Waals surface area (Å²) in [5.74, 6) is -8.32. The van der Waals surface area contributed by atoms with E-state index < -0.39 is 102 Å². The van der Waals surface area contributed by atoms with E-state index in [4.69, 9.17) is 0 Å². The first kappa shape index (κ1) is 36.3. The van der Waals surface area contributed by atoms with Gasteiger partial charge in [-0.25, -0.2) is 18.2 Å². The van der Waals surface area contributed by atoms with Crippen LogP contribution in [0.2, 0.25) is 0 Å². The van der Waals surface area contributed by atoms with Gasteiger partial charge < -0.3 is 10.2 Å². The fraction of sp³-hybridized carbons (Fsp3) is 0.706. The van der Waals surface area contributed by atoms with Crippen LogP contribution in [0.5, 0.6) is 0 Å². The SMILES string of the molecule is CC(C)[C@H](NC(=O)[C@H](CC(=O)c1cnccn1)C(C)C)C(=O)N1C[C@@H]2C(F)CC[C@@H]2C1C(=O)CC(CC(F)F)C(=O)C(=O)CC1CC1. The number of Topliss-reactive ketones (excluding diaryl/α,β-unsaturated/α-hetero) is 4. The minimum atomic E-state index is -2.93. The van der Waals surface area contributed by atoms with Crippen LogP contribution < -0.4 is 5.32 Å². The second-order valence-corrected chi connectivity index (χ2v) is 14.1. The molecular weight excluding hydrogens is 617 g/mol. The molecule has 1 aliphatic heterocycles. The lowest BCUT2D eigenvalue weighted by atomic mass is 9.84. The topological polar surface area (TPSA) is 143 Å². The molecule has 2 amide bonds. The molecule has 13 heteroatoms. The second kappa shape index (κ2) is 15.6. The normalized spacial score (nSPS) is 24.3. The van der Waals surface area contributed by atoms with Crippen LogP contribution in [0.3, 0.4) is 0 Å². The number of carbonyl (C=O) groups is 6.